The summed E-state index contributed by atoms with van der Waals surface area (Å²) in [4.78, 5) is 3.78. The van der Waals surface area contributed by atoms with Crippen molar-refractivity contribution in [2.45, 2.75) is 6.42 Å². The molecule has 0 aromatic carbocycles. The lowest BCUT2D eigenvalue weighted by atomic mass is 10.2. The molecule has 1 rings (SSSR count). The molecule has 1 aliphatic rings. The molecule has 0 fully saturated rings. The quantitative estimate of drug-likeness (QED) is 0.638. The summed E-state index contributed by atoms with van der Waals surface area (Å²) in [6.07, 6.45) is 6.91. The molecule has 0 aromatic heterocycles. The first-order valence-electron chi connectivity index (χ1n) is 3.42. The summed E-state index contributed by atoms with van der Waals surface area (Å²) in [6.45, 7) is 0. The Morgan fingerprint density at radius 2 is 2.25 bits per heavy atom. The molecule has 0 spiro atoms. The molecule has 0 amide bonds. The Morgan fingerprint density at radius 3 is 2.75 bits per heavy atom. The average molecular weight is 187 g/mol. The third kappa shape index (κ3) is 3.45. The number of aliphatic imine (C=N–C) groups is 1. The first kappa shape index (κ1) is 9.15. The van der Waals surface area contributed by atoms with E-state index in [1.54, 1.807) is 24.6 Å². The van der Waals surface area contributed by atoms with Crippen molar-refractivity contribution in [3.63, 3.8) is 0 Å². The van der Waals surface area contributed by atoms with E-state index in [0.29, 0.717) is 6.42 Å². The number of rotatable bonds is 3. The lowest BCUT2D eigenvalue weighted by Gasteiger charge is -1.97. The zero-order chi connectivity index (χ0) is 9.03. The fourth-order valence-corrected chi connectivity index (χ4v) is 1.29. The highest BCUT2D eigenvalue weighted by atomic mass is 32.2. The molecule has 12 heavy (non-hydrogen) atoms. The topological polar surface area (TPSA) is 68.5 Å². The van der Waals surface area contributed by atoms with Crippen molar-refractivity contribution in [2.75, 3.05) is 5.75 Å². The Balaban J connectivity index is 2.49. The third-order valence-electron chi connectivity index (χ3n) is 1.40. The van der Waals surface area contributed by atoms with Gasteiger partial charge in [-0.2, -0.15) is 8.42 Å². The van der Waals surface area contributed by atoms with Crippen LogP contribution >= 0.6 is 0 Å². The maximum Gasteiger partial charge on any atom is 0.265 e. The van der Waals surface area contributed by atoms with Gasteiger partial charge in [-0.3, -0.25) is 4.55 Å². The van der Waals surface area contributed by atoms with E-state index in [1.807, 2.05) is 0 Å². The van der Waals surface area contributed by atoms with Crippen molar-refractivity contribution < 1.29 is 13.0 Å². The van der Waals surface area contributed by atoms with Crippen LogP contribution in [0.15, 0.2) is 23.9 Å². The van der Waals surface area contributed by atoms with Gasteiger partial charge in [-0.05, 0) is 12.0 Å². The van der Waals surface area contributed by atoms with Crippen molar-refractivity contribution in [1.29, 1.82) is 0 Å². The molecule has 0 bridgehead atoms. The molecule has 1 radical (unpaired) electrons. The van der Waals surface area contributed by atoms with Crippen molar-refractivity contribution >= 4 is 16.3 Å². The van der Waals surface area contributed by atoms with Gasteiger partial charge in [0, 0.05) is 12.2 Å². The minimum atomic E-state index is -3.84. The van der Waals surface area contributed by atoms with Gasteiger partial charge in [-0.25, -0.2) is 0 Å². The molecule has 1 N–H and O–H groups in total. The summed E-state index contributed by atoms with van der Waals surface area (Å²) >= 11 is 0. The molecule has 0 unspecified atom stereocenters. The zero-order valence-corrected chi connectivity index (χ0v) is 7.16. The van der Waals surface area contributed by atoms with E-state index in [2.05, 4.69) is 4.99 Å². The maximum absolute atomic E-state index is 10.3. The molecule has 1 aliphatic heterocycles. The second kappa shape index (κ2) is 3.64. The van der Waals surface area contributed by atoms with Gasteiger partial charge < -0.3 is 0 Å². The van der Waals surface area contributed by atoms with Crippen molar-refractivity contribution in [3.8, 4) is 0 Å². The normalized spacial score (nSPS) is 16.2. The zero-order valence-electron chi connectivity index (χ0n) is 6.34. The summed E-state index contributed by atoms with van der Waals surface area (Å²) in [6, 6.07) is 0. The first-order valence-corrected chi connectivity index (χ1v) is 5.03. The number of nitrogens with zero attached hydrogens (tertiary/aromatic N) is 1. The maximum atomic E-state index is 10.3. The van der Waals surface area contributed by atoms with Crippen LogP contribution in [0, 0.1) is 0 Å². The molecular formula is C7H9NO3S+. The summed E-state index contributed by atoms with van der Waals surface area (Å²) in [5, 5.41) is 0. The second-order valence-corrected chi connectivity index (χ2v) is 3.96. The monoisotopic (exact) mass is 187 g/mol. The highest BCUT2D eigenvalue weighted by molar-refractivity contribution is 7.85. The largest absolute Gasteiger partial charge is 0.286 e. The average Bonchev–Trinajstić information content (AvgIpc) is 2.02. The van der Waals surface area contributed by atoms with Crippen LogP contribution in [-0.2, 0) is 10.1 Å². The minimum Gasteiger partial charge on any atom is -0.286 e. The van der Waals surface area contributed by atoms with Gasteiger partial charge >= 0.3 is 0 Å². The third-order valence-corrected chi connectivity index (χ3v) is 2.12. The van der Waals surface area contributed by atoms with E-state index in [4.69, 9.17) is 4.55 Å². The van der Waals surface area contributed by atoms with Crippen molar-refractivity contribution in [1.82, 2.24) is 4.99 Å². The van der Waals surface area contributed by atoms with Gasteiger partial charge in [-0.1, -0.05) is 0 Å². The van der Waals surface area contributed by atoms with Crippen LogP contribution in [0.25, 0.3) is 0 Å². The van der Waals surface area contributed by atoms with Crippen LogP contribution in [0.1, 0.15) is 6.42 Å². The van der Waals surface area contributed by atoms with Crippen LogP contribution in [0.5, 0.6) is 0 Å². The minimum absolute atomic E-state index is 0.239. The standard InChI is InChI=1S/C7H9NO3S/c9-12(10,11)6-3-7-1-4-8-5-2-7/h1-2,4-5H,3,6H2,(H,9,10,11)/q+1. The lowest BCUT2D eigenvalue weighted by molar-refractivity contribution is 0.483. The first-order chi connectivity index (χ1) is 5.58. The van der Waals surface area contributed by atoms with E-state index >= 15 is 0 Å². The fraction of sp³-hybridized carbons (Fsp3) is 0.286. The van der Waals surface area contributed by atoms with Gasteiger partial charge in [0.15, 0.2) is 0 Å². The predicted molar refractivity (Wildman–Crippen MR) is 46.5 cm³/mol. The molecule has 4 nitrogen and oxygen atoms in total. The Labute approximate surface area is 71.1 Å². The van der Waals surface area contributed by atoms with E-state index in [1.165, 1.54) is 0 Å². The fourth-order valence-electron chi connectivity index (χ4n) is 0.796. The van der Waals surface area contributed by atoms with Gasteiger partial charge in [0.05, 0.1) is 10.7 Å². The summed E-state index contributed by atoms with van der Waals surface area (Å²) in [7, 11) is -3.84. The van der Waals surface area contributed by atoms with Crippen LogP contribution in [0.3, 0.4) is 0 Å². The van der Waals surface area contributed by atoms with Gasteiger partial charge in [0.25, 0.3) is 10.1 Å². The van der Waals surface area contributed by atoms with Crippen LogP contribution < -0.4 is 4.99 Å². The number of hydrogen-bond acceptors (Lipinski definition) is 3. The van der Waals surface area contributed by atoms with Gasteiger partial charge in [0.1, 0.15) is 0 Å². The number of hydrogen-bond donors (Lipinski definition) is 1. The SMILES string of the molecule is O=S(=O)(O)CCC1=CC=[N+]C=C1. The summed E-state index contributed by atoms with van der Waals surface area (Å²) in [5.74, 6) is -0.239. The van der Waals surface area contributed by atoms with Crippen LogP contribution in [0.2, 0.25) is 0 Å². The van der Waals surface area contributed by atoms with Crippen LogP contribution in [0.4, 0.5) is 0 Å². The van der Waals surface area contributed by atoms with Gasteiger partial charge in [-0.15, -0.1) is 0 Å². The smallest absolute Gasteiger partial charge is 0.265 e. The highest BCUT2D eigenvalue weighted by Gasteiger charge is 2.07. The van der Waals surface area contributed by atoms with Crippen molar-refractivity contribution in [2.24, 2.45) is 0 Å². The van der Waals surface area contributed by atoms with Gasteiger partial charge in [0.2, 0.25) is 12.4 Å². The Bertz CT molecular complexity index is 338. The van der Waals surface area contributed by atoms with E-state index in [0.717, 1.165) is 5.57 Å². The van der Waals surface area contributed by atoms with E-state index < -0.39 is 10.1 Å². The Morgan fingerprint density at radius 1 is 1.50 bits per heavy atom. The van der Waals surface area contributed by atoms with E-state index in [-0.39, 0.29) is 5.75 Å². The second-order valence-electron chi connectivity index (χ2n) is 2.39. The molecule has 5 heteroatoms. The predicted octanol–water partition coefficient (Wildman–Crippen LogP) is 0.125. The molecule has 0 aliphatic carbocycles. The number of allylic oxidation sites excluding steroid dienone is 3. The summed E-state index contributed by atoms with van der Waals surface area (Å²) in [5.41, 5.74) is 0.850. The molecule has 0 saturated heterocycles. The molecular weight excluding hydrogens is 178 g/mol. The highest BCUT2D eigenvalue weighted by Crippen LogP contribution is 2.05. The molecule has 65 valence electrons. The molecule has 0 saturated carbocycles. The Kier molecular flexibility index (Phi) is 2.78. The molecule has 1 heterocycles. The Hall–Kier alpha value is -0.940. The van der Waals surface area contributed by atoms with E-state index in [9.17, 15) is 8.42 Å². The van der Waals surface area contributed by atoms with Crippen molar-refractivity contribution in [3.05, 3.63) is 23.9 Å². The molecule has 0 aromatic rings. The van der Waals surface area contributed by atoms with Crippen LogP contribution in [-0.4, -0.2) is 24.9 Å². The summed E-state index contributed by atoms with van der Waals surface area (Å²) < 4.78 is 29.1. The lowest BCUT2D eigenvalue weighted by Crippen LogP contribution is -2.05. The molecule has 0 atom stereocenters.